The number of aromatic nitrogens is 2. The van der Waals surface area contributed by atoms with Gasteiger partial charge in [-0.15, -0.1) is 5.10 Å². The van der Waals surface area contributed by atoms with Gasteiger partial charge in [-0.25, -0.2) is 9.59 Å². The Balaban J connectivity index is 2.38. The van der Waals surface area contributed by atoms with Gasteiger partial charge in [0.05, 0.1) is 6.61 Å². The van der Waals surface area contributed by atoms with Gasteiger partial charge in [-0.1, -0.05) is 22.9 Å². The van der Waals surface area contributed by atoms with Crippen molar-refractivity contribution in [3.8, 4) is 11.5 Å². The first-order chi connectivity index (χ1) is 8.22. The number of rotatable bonds is 2. The van der Waals surface area contributed by atoms with Gasteiger partial charge in [0.2, 0.25) is 5.89 Å². The Hall–Kier alpha value is -2.37. The molecule has 0 aliphatic heterocycles. The Morgan fingerprint density at radius 3 is 2.76 bits per heavy atom. The van der Waals surface area contributed by atoms with Crippen molar-refractivity contribution in [3.63, 3.8) is 0 Å². The zero-order valence-electron chi connectivity index (χ0n) is 9.12. The molecule has 0 unspecified atom stereocenters. The highest BCUT2D eigenvalue weighted by Crippen LogP contribution is 2.13. The number of carbonyl (C=O) groups excluding carboxylic acids is 1. The summed E-state index contributed by atoms with van der Waals surface area (Å²) in [7, 11) is 0. The summed E-state index contributed by atoms with van der Waals surface area (Å²) in [4.78, 5) is 22.7. The van der Waals surface area contributed by atoms with E-state index in [9.17, 15) is 9.59 Å². The van der Waals surface area contributed by atoms with Crippen LogP contribution in [0.25, 0.3) is 11.5 Å². The molecule has 0 fully saturated rings. The van der Waals surface area contributed by atoms with Crippen molar-refractivity contribution in [2.75, 3.05) is 6.61 Å². The minimum atomic E-state index is -0.859. The second-order valence-electron chi connectivity index (χ2n) is 3.15. The number of hydrogen-bond acceptors (Lipinski definition) is 5. The summed E-state index contributed by atoms with van der Waals surface area (Å²) >= 11 is 0. The van der Waals surface area contributed by atoms with Gasteiger partial charge in [0.1, 0.15) is 0 Å². The van der Waals surface area contributed by atoms with Crippen LogP contribution in [0.2, 0.25) is 0 Å². The van der Waals surface area contributed by atoms with Crippen LogP contribution in [-0.4, -0.2) is 22.5 Å². The average molecular weight is 234 g/mol. The van der Waals surface area contributed by atoms with Gasteiger partial charge in [-0.05, 0) is 19.1 Å². The number of nitrogens with zero attached hydrogens (tertiary/aromatic N) is 2. The van der Waals surface area contributed by atoms with Crippen LogP contribution >= 0.6 is 0 Å². The summed E-state index contributed by atoms with van der Waals surface area (Å²) in [5, 5.41) is 3.76. The molecule has 0 spiro atoms. The van der Waals surface area contributed by atoms with Gasteiger partial charge in [0, 0.05) is 5.56 Å². The number of ether oxygens (including phenoxy) is 1. The molecule has 1 aromatic heterocycles. The summed E-state index contributed by atoms with van der Waals surface area (Å²) in [5.74, 6) is -0.772. The lowest BCUT2D eigenvalue weighted by molar-refractivity contribution is 0.148. The molecule has 0 aliphatic carbocycles. The molecule has 0 aliphatic rings. The fourth-order valence-corrected chi connectivity index (χ4v) is 1.28. The molecule has 6 heteroatoms. The molecule has 2 rings (SSSR count). The summed E-state index contributed by atoms with van der Waals surface area (Å²) in [6, 6.07) is 8.82. The van der Waals surface area contributed by atoms with Crippen LogP contribution in [0.3, 0.4) is 0 Å². The lowest BCUT2D eigenvalue weighted by Gasteiger charge is -1.96. The van der Waals surface area contributed by atoms with E-state index in [-0.39, 0.29) is 12.5 Å². The summed E-state index contributed by atoms with van der Waals surface area (Å²) in [6.07, 6.45) is -0.844. The van der Waals surface area contributed by atoms with Crippen LogP contribution in [0.5, 0.6) is 0 Å². The minimum Gasteiger partial charge on any atom is -0.448 e. The van der Waals surface area contributed by atoms with Crippen molar-refractivity contribution in [1.82, 2.24) is 9.78 Å². The highest BCUT2D eigenvalue weighted by atomic mass is 16.6. The molecule has 17 heavy (non-hydrogen) atoms. The molecular formula is C11H10N2O4. The quantitative estimate of drug-likeness (QED) is 0.787. The third-order valence-corrected chi connectivity index (χ3v) is 2.01. The van der Waals surface area contributed by atoms with E-state index in [1.165, 1.54) is 0 Å². The SMILES string of the molecule is CCOC(=O)n1nc(-c2ccccc2)oc1=O. The molecule has 0 saturated heterocycles. The molecule has 0 bridgehead atoms. The molecule has 0 N–H and O–H groups in total. The van der Waals surface area contributed by atoms with Gasteiger partial charge >= 0.3 is 11.8 Å². The van der Waals surface area contributed by atoms with Gasteiger partial charge < -0.3 is 9.15 Å². The van der Waals surface area contributed by atoms with E-state index in [2.05, 4.69) is 9.84 Å². The summed E-state index contributed by atoms with van der Waals surface area (Å²) < 4.78 is 10.1. The van der Waals surface area contributed by atoms with Crippen molar-refractivity contribution in [2.45, 2.75) is 6.92 Å². The largest absolute Gasteiger partial charge is 0.448 e. The molecule has 1 heterocycles. The maximum atomic E-state index is 11.4. The number of hydrogen-bond donors (Lipinski definition) is 0. The maximum absolute atomic E-state index is 11.4. The summed E-state index contributed by atoms with van der Waals surface area (Å²) in [5.41, 5.74) is 0.618. The molecule has 6 nitrogen and oxygen atoms in total. The molecular weight excluding hydrogens is 224 g/mol. The normalized spacial score (nSPS) is 10.2. The molecule has 0 saturated carbocycles. The lowest BCUT2D eigenvalue weighted by atomic mass is 10.2. The van der Waals surface area contributed by atoms with Crippen LogP contribution < -0.4 is 5.76 Å². The first-order valence-corrected chi connectivity index (χ1v) is 5.05. The zero-order chi connectivity index (χ0) is 12.3. The molecule has 0 amide bonds. The molecule has 0 atom stereocenters. The number of benzene rings is 1. The Kier molecular flexibility index (Phi) is 3.04. The zero-order valence-corrected chi connectivity index (χ0v) is 9.12. The second kappa shape index (κ2) is 4.65. The van der Waals surface area contributed by atoms with Crippen LogP contribution in [0.4, 0.5) is 4.79 Å². The third-order valence-electron chi connectivity index (χ3n) is 2.01. The van der Waals surface area contributed by atoms with E-state index in [0.29, 0.717) is 10.2 Å². The van der Waals surface area contributed by atoms with E-state index in [1.54, 1.807) is 31.2 Å². The maximum Gasteiger partial charge on any atom is 0.447 e. The minimum absolute atomic E-state index is 0.0867. The fourth-order valence-electron chi connectivity index (χ4n) is 1.28. The van der Waals surface area contributed by atoms with E-state index in [0.717, 1.165) is 0 Å². The Morgan fingerprint density at radius 1 is 1.41 bits per heavy atom. The van der Waals surface area contributed by atoms with E-state index in [1.807, 2.05) is 6.07 Å². The molecule has 0 radical (unpaired) electrons. The Bertz CT molecular complexity index is 571. The van der Waals surface area contributed by atoms with Crippen molar-refractivity contribution in [2.24, 2.45) is 0 Å². The first kappa shape index (κ1) is 11.1. The number of carbonyl (C=O) groups is 1. The topological polar surface area (TPSA) is 74.3 Å². The summed E-state index contributed by atoms with van der Waals surface area (Å²) in [6.45, 7) is 1.81. The van der Waals surface area contributed by atoms with Crippen molar-refractivity contribution in [1.29, 1.82) is 0 Å². The van der Waals surface area contributed by atoms with Gasteiger partial charge in [0.15, 0.2) is 0 Å². The van der Waals surface area contributed by atoms with Crippen LogP contribution in [0.1, 0.15) is 6.92 Å². The lowest BCUT2D eigenvalue weighted by Crippen LogP contribution is -2.25. The van der Waals surface area contributed by atoms with E-state index < -0.39 is 11.8 Å². The molecule has 1 aromatic carbocycles. The van der Waals surface area contributed by atoms with Crippen LogP contribution in [0, 0.1) is 0 Å². The predicted molar refractivity (Wildman–Crippen MR) is 58.6 cm³/mol. The van der Waals surface area contributed by atoms with Crippen molar-refractivity contribution < 1.29 is 13.9 Å². The average Bonchev–Trinajstić information content (AvgIpc) is 2.73. The fraction of sp³-hybridized carbons (Fsp3) is 0.182. The monoisotopic (exact) mass is 234 g/mol. The Labute approximate surface area is 96.4 Å². The van der Waals surface area contributed by atoms with Crippen molar-refractivity contribution >= 4 is 6.09 Å². The highest BCUT2D eigenvalue weighted by molar-refractivity contribution is 5.69. The third kappa shape index (κ3) is 2.25. The second-order valence-corrected chi connectivity index (χ2v) is 3.15. The standard InChI is InChI=1S/C11H10N2O4/c1-2-16-10(14)13-11(15)17-9(12-13)8-6-4-3-5-7-8/h3-7H,2H2,1H3. The van der Waals surface area contributed by atoms with Crippen molar-refractivity contribution in [3.05, 3.63) is 40.9 Å². The van der Waals surface area contributed by atoms with E-state index in [4.69, 9.17) is 4.42 Å². The predicted octanol–water partition coefficient (Wildman–Crippen LogP) is 1.51. The van der Waals surface area contributed by atoms with Gasteiger partial charge in [-0.2, -0.15) is 0 Å². The van der Waals surface area contributed by atoms with E-state index >= 15 is 0 Å². The van der Waals surface area contributed by atoms with Gasteiger partial charge in [-0.3, -0.25) is 0 Å². The van der Waals surface area contributed by atoms with Gasteiger partial charge in [0.25, 0.3) is 0 Å². The Morgan fingerprint density at radius 2 is 2.12 bits per heavy atom. The molecule has 88 valence electrons. The van der Waals surface area contributed by atoms with Crippen LogP contribution in [-0.2, 0) is 4.74 Å². The first-order valence-electron chi connectivity index (χ1n) is 5.05. The van der Waals surface area contributed by atoms with Crippen LogP contribution in [0.15, 0.2) is 39.5 Å². The molecule has 2 aromatic rings. The smallest absolute Gasteiger partial charge is 0.447 e. The highest BCUT2D eigenvalue weighted by Gasteiger charge is 2.16.